The molecule has 0 aliphatic carbocycles. The number of benzene rings is 1. The highest BCUT2D eigenvalue weighted by Gasteiger charge is 2.22. The van der Waals surface area contributed by atoms with Crippen LogP contribution in [-0.2, 0) is 11.3 Å². The molecule has 0 radical (unpaired) electrons. The highest BCUT2D eigenvalue weighted by molar-refractivity contribution is 6.30. The Kier molecular flexibility index (Phi) is 4.97. The normalized spacial score (nSPS) is 14.4. The van der Waals surface area contributed by atoms with Gasteiger partial charge in [0, 0.05) is 43.0 Å². The highest BCUT2D eigenvalue weighted by Crippen LogP contribution is 2.17. The predicted molar refractivity (Wildman–Crippen MR) is 101 cm³/mol. The second kappa shape index (κ2) is 7.71. The van der Waals surface area contributed by atoms with Crippen LogP contribution in [0.3, 0.4) is 0 Å². The zero-order valence-corrected chi connectivity index (χ0v) is 15.3. The zero-order valence-electron chi connectivity index (χ0n) is 14.6. The van der Waals surface area contributed by atoms with E-state index in [0.717, 1.165) is 24.5 Å². The molecule has 1 amide bonds. The number of carbonyl (C=O) groups excluding carboxylic acids is 1. The van der Waals surface area contributed by atoms with E-state index in [4.69, 9.17) is 11.6 Å². The molecule has 0 bridgehead atoms. The molecule has 1 aliphatic rings. The number of pyridine rings is 1. The maximum Gasteiger partial charge on any atom is 0.246 e. The fourth-order valence-corrected chi connectivity index (χ4v) is 3.10. The molecule has 0 unspecified atom stereocenters. The van der Waals surface area contributed by atoms with Crippen molar-refractivity contribution in [2.75, 3.05) is 31.1 Å². The average molecular weight is 384 g/mol. The molecular weight excluding hydrogens is 366 g/mol. The van der Waals surface area contributed by atoms with Crippen molar-refractivity contribution in [3.05, 3.63) is 53.7 Å². The molecule has 27 heavy (non-hydrogen) atoms. The van der Waals surface area contributed by atoms with E-state index in [1.165, 1.54) is 4.80 Å². The summed E-state index contributed by atoms with van der Waals surface area (Å²) in [6.45, 7) is 2.87. The summed E-state index contributed by atoms with van der Waals surface area (Å²) in [5, 5.41) is 12.9. The molecule has 3 heterocycles. The Morgan fingerprint density at radius 2 is 1.81 bits per heavy atom. The second-order valence-electron chi connectivity index (χ2n) is 6.21. The molecular formula is C18H18ClN7O. The van der Waals surface area contributed by atoms with Crippen molar-refractivity contribution in [2.24, 2.45) is 0 Å². The smallest absolute Gasteiger partial charge is 0.246 e. The molecule has 1 fully saturated rings. The Labute approximate surface area is 161 Å². The number of hydrogen-bond acceptors (Lipinski definition) is 6. The zero-order chi connectivity index (χ0) is 18.6. The van der Waals surface area contributed by atoms with Gasteiger partial charge in [0.1, 0.15) is 12.4 Å². The molecule has 1 aliphatic heterocycles. The van der Waals surface area contributed by atoms with Crippen LogP contribution in [0.2, 0.25) is 5.02 Å². The van der Waals surface area contributed by atoms with Crippen molar-refractivity contribution >= 4 is 23.3 Å². The number of hydrogen-bond donors (Lipinski definition) is 0. The van der Waals surface area contributed by atoms with E-state index in [1.807, 2.05) is 35.2 Å². The van der Waals surface area contributed by atoms with Crippen LogP contribution in [0.15, 0.2) is 48.7 Å². The minimum absolute atomic E-state index is 0.0178. The number of rotatable bonds is 4. The number of nitrogens with zero attached hydrogens (tertiary/aromatic N) is 7. The van der Waals surface area contributed by atoms with E-state index in [-0.39, 0.29) is 12.5 Å². The van der Waals surface area contributed by atoms with E-state index < -0.39 is 0 Å². The standard InChI is InChI=1S/C18H18ClN7O/c19-15-6-4-14(5-7-15)18-21-23-26(22-18)13-17(27)25-11-9-24(10-12-25)16-3-1-2-8-20-16/h1-8H,9-13H2. The first-order chi connectivity index (χ1) is 13.2. The van der Waals surface area contributed by atoms with Crippen molar-refractivity contribution in [1.82, 2.24) is 30.1 Å². The Morgan fingerprint density at radius 1 is 1.04 bits per heavy atom. The second-order valence-corrected chi connectivity index (χ2v) is 6.64. The van der Waals surface area contributed by atoms with Crippen LogP contribution in [0, 0.1) is 0 Å². The van der Waals surface area contributed by atoms with Gasteiger partial charge in [0.2, 0.25) is 11.7 Å². The van der Waals surface area contributed by atoms with Gasteiger partial charge in [-0.3, -0.25) is 4.79 Å². The van der Waals surface area contributed by atoms with Crippen LogP contribution in [-0.4, -0.2) is 62.2 Å². The molecule has 4 rings (SSSR count). The lowest BCUT2D eigenvalue weighted by Gasteiger charge is -2.35. The SMILES string of the molecule is O=C(Cn1nnc(-c2ccc(Cl)cc2)n1)N1CCN(c2ccccn2)CC1. The Balaban J connectivity index is 1.34. The van der Waals surface area contributed by atoms with Gasteiger partial charge >= 0.3 is 0 Å². The molecule has 0 spiro atoms. The van der Waals surface area contributed by atoms with Gasteiger partial charge in [-0.05, 0) is 41.6 Å². The van der Waals surface area contributed by atoms with Crippen LogP contribution in [0.25, 0.3) is 11.4 Å². The highest BCUT2D eigenvalue weighted by atomic mass is 35.5. The van der Waals surface area contributed by atoms with Gasteiger partial charge in [-0.25, -0.2) is 4.98 Å². The first-order valence-electron chi connectivity index (χ1n) is 8.66. The van der Waals surface area contributed by atoms with Crippen molar-refractivity contribution in [2.45, 2.75) is 6.54 Å². The van der Waals surface area contributed by atoms with Gasteiger partial charge in [0.25, 0.3) is 0 Å². The Hall–Kier alpha value is -3.00. The fraction of sp³-hybridized carbons (Fsp3) is 0.278. The third kappa shape index (κ3) is 4.06. The maximum atomic E-state index is 12.5. The van der Waals surface area contributed by atoms with E-state index in [0.29, 0.717) is 23.9 Å². The number of carbonyl (C=O) groups is 1. The summed E-state index contributed by atoms with van der Waals surface area (Å²) >= 11 is 5.89. The third-order valence-electron chi connectivity index (χ3n) is 4.44. The molecule has 0 atom stereocenters. The number of anilines is 1. The van der Waals surface area contributed by atoms with Crippen molar-refractivity contribution in [3.8, 4) is 11.4 Å². The topological polar surface area (TPSA) is 80.0 Å². The molecule has 9 heteroatoms. The molecule has 1 aromatic carbocycles. The maximum absolute atomic E-state index is 12.5. The number of amides is 1. The van der Waals surface area contributed by atoms with Gasteiger partial charge < -0.3 is 9.80 Å². The third-order valence-corrected chi connectivity index (χ3v) is 4.69. The van der Waals surface area contributed by atoms with Crippen LogP contribution in [0.5, 0.6) is 0 Å². The monoisotopic (exact) mass is 383 g/mol. The Morgan fingerprint density at radius 3 is 2.52 bits per heavy atom. The summed E-state index contributed by atoms with van der Waals surface area (Å²) in [6.07, 6.45) is 1.78. The average Bonchev–Trinajstić information content (AvgIpc) is 3.18. The van der Waals surface area contributed by atoms with E-state index in [9.17, 15) is 4.79 Å². The van der Waals surface area contributed by atoms with Crippen molar-refractivity contribution < 1.29 is 4.79 Å². The molecule has 1 saturated heterocycles. The number of aromatic nitrogens is 5. The minimum Gasteiger partial charge on any atom is -0.353 e. The summed E-state index contributed by atoms with van der Waals surface area (Å²) < 4.78 is 0. The number of tetrazole rings is 1. The lowest BCUT2D eigenvalue weighted by Crippen LogP contribution is -2.50. The summed E-state index contributed by atoms with van der Waals surface area (Å²) in [5.74, 6) is 1.39. The minimum atomic E-state index is -0.0178. The number of piperazine rings is 1. The molecule has 8 nitrogen and oxygen atoms in total. The summed E-state index contributed by atoms with van der Waals surface area (Å²) in [7, 11) is 0. The van der Waals surface area contributed by atoms with Gasteiger partial charge in [-0.2, -0.15) is 4.80 Å². The summed E-state index contributed by atoms with van der Waals surface area (Å²) in [6, 6.07) is 13.0. The summed E-state index contributed by atoms with van der Waals surface area (Å²) in [5.41, 5.74) is 0.807. The number of halogens is 1. The first kappa shape index (κ1) is 17.4. The van der Waals surface area contributed by atoms with Gasteiger partial charge in [0.05, 0.1) is 0 Å². The lowest BCUT2D eigenvalue weighted by atomic mass is 10.2. The van der Waals surface area contributed by atoms with Gasteiger partial charge in [-0.15, -0.1) is 10.2 Å². The van der Waals surface area contributed by atoms with Gasteiger partial charge in [0.15, 0.2) is 0 Å². The Bertz CT molecular complexity index is 905. The molecule has 2 aromatic heterocycles. The van der Waals surface area contributed by atoms with Crippen molar-refractivity contribution in [3.63, 3.8) is 0 Å². The fourth-order valence-electron chi connectivity index (χ4n) is 2.97. The van der Waals surface area contributed by atoms with Gasteiger partial charge in [-0.1, -0.05) is 17.7 Å². The lowest BCUT2D eigenvalue weighted by molar-refractivity contribution is -0.132. The van der Waals surface area contributed by atoms with Crippen LogP contribution < -0.4 is 4.90 Å². The first-order valence-corrected chi connectivity index (χ1v) is 9.04. The van der Waals surface area contributed by atoms with E-state index in [2.05, 4.69) is 25.3 Å². The van der Waals surface area contributed by atoms with E-state index in [1.54, 1.807) is 18.3 Å². The quantitative estimate of drug-likeness (QED) is 0.682. The molecule has 0 saturated carbocycles. The largest absolute Gasteiger partial charge is 0.353 e. The molecule has 0 N–H and O–H groups in total. The molecule has 3 aromatic rings. The van der Waals surface area contributed by atoms with E-state index >= 15 is 0 Å². The van der Waals surface area contributed by atoms with Crippen LogP contribution >= 0.6 is 11.6 Å². The van der Waals surface area contributed by atoms with Crippen LogP contribution in [0.1, 0.15) is 0 Å². The summed E-state index contributed by atoms with van der Waals surface area (Å²) in [4.78, 5) is 22.2. The van der Waals surface area contributed by atoms with Crippen molar-refractivity contribution in [1.29, 1.82) is 0 Å². The molecule has 138 valence electrons. The predicted octanol–water partition coefficient (Wildman–Crippen LogP) is 1.74. The van der Waals surface area contributed by atoms with Crippen LogP contribution in [0.4, 0.5) is 5.82 Å².